The molecule has 0 aliphatic carbocycles. The fourth-order valence-electron chi connectivity index (χ4n) is 2.71. The number of imidazole rings is 1. The topological polar surface area (TPSA) is 59.0 Å². The van der Waals surface area contributed by atoms with Gasteiger partial charge in [0.25, 0.3) is 0 Å². The zero-order valence-corrected chi connectivity index (χ0v) is 14.5. The molecule has 1 heterocycles. The molecule has 0 spiro atoms. The summed E-state index contributed by atoms with van der Waals surface area (Å²) in [5.41, 5.74) is 4.03. The first kappa shape index (κ1) is 16.8. The molecule has 0 radical (unpaired) electrons. The van der Waals surface area contributed by atoms with Gasteiger partial charge in [0.2, 0.25) is 5.91 Å². The Bertz CT molecular complexity index is 855. The van der Waals surface area contributed by atoms with Gasteiger partial charge in [0.05, 0.1) is 17.9 Å². The normalized spacial score (nSPS) is 10.5. The molecule has 1 amide bonds. The minimum absolute atomic E-state index is 0.0857. The molecule has 3 aromatic rings. The van der Waals surface area contributed by atoms with E-state index in [0.29, 0.717) is 6.54 Å². The van der Waals surface area contributed by atoms with Gasteiger partial charge in [-0.15, -0.1) is 0 Å². The smallest absolute Gasteiger partial charge is 0.221 e. The van der Waals surface area contributed by atoms with Gasteiger partial charge < -0.3 is 15.2 Å². The maximum atomic E-state index is 11.4. The Morgan fingerprint density at radius 3 is 2.68 bits per heavy atom. The molecule has 0 bridgehead atoms. The average molecular weight is 334 g/mol. The van der Waals surface area contributed by atoms with Crippen LogP contribution in [0.5, 0.6) is 0 Å². The molecule has 5 heteroatoms. The van der Waals surface area contributed by atoms with E-state index in [1.54, 1.807) is 0 Å². The van der Waals surface area contributed by atoms with Crippen LogP contribution in [0.4, 0.5) is 11.4 Å². The van der Waals surface area contributed by atoms with Crippen LogP contribution >= 0.6 is 0 Å². The summed E-state index contributed by atoms with van der Waals surface area (Å²) in [7, 11) is 0. The highest BCUT2D eigenvalue weighted by atomic mass is 16.1. The van der Waals surface area contributed by atoms with E-state index in [4.69, 9.17) is 0 Å². The number of hydrogen-bond donors (Lipinski definition) is 2. The van der Waals surface area contributed by atoms with Gasteiger partial charge in [-0.2, -0.15) is 0 Å². The molecule has 0 saturated carbocycles. The summed E-state index contributed by atoms with van der Waals surface area (Å²) in [5, 5.41) is 6.25. The van der Waals surface area contributed by atoms with E-state index in [-0.39, 0.29) is 5.91 Å². The van der Waals surface area contributed by atoms with Gasteiger partial charge in [-0.25, -0.2) is 4.98 Å². The number of nitrogens with one attached hydrogen (secondary N) is 2. The number of hydrogen-bond acceptors (Lipinski definition) is 3. The van der Waals surface area contributed by atoms with E-state index in [1.165, 1.54) is 12.5 Å². The van der Waals surface area contributed by atoms with Crippen LogP contribution in [0.25, 0.3) is 0 Å². The monoisotopic (exact) mass is 334 g/mol. The summed E-state index contributed by atoms with van der Waals surface area (Å²) in [6.45, 7) is 4.90. The van der Waals surface area contributed by atoms with Gasteiger partial charge in [-0.1, -0.05) is 36.4 Å². The third-order valence-corrected chi connectivity index (χ3v) is 3.92. The fraction of sp³-hybridized carbons (Fsp3) is 0.200. The van der Waals surface area contributed by atoms with Crippen LogP contribution in [0.3, 0.4) is 0 Å². The summed E-state index contributed by atoms with van der Waals surface area (Å²) >= 11 is 0. The van der Waals surface area contributed by atoms with E-state index in [1.807, 2.05) is 55.7 Å². The molecular formula is C20H22N4O. The van der Waals surface area contributed by atoms with Gasteiger partial charge in [-0.05, 0) is 30.2 Å². The third kappa shape index (κ3) is 4.47. The number of benzene rings is 2. The van der Waals surface area contributed by atoms with Crippen LogP contribution in [0.1, 0.15) is 23.9 Å². The van der Waals surface area contributed by atoms with Gasteiger partial charge in [-0.3, -0.25) is 4.79 Å². The second-order valence-corrected chi connectivity index (χ2v) is 6.04. The first-order valence-corrected chi connectivity index (χ1v) is 8.28. The second kappa shape index (κ2) is 7.66. The lowest BCUT2D eigenvalue weighted by Crippen LogP contribution is -2.12. The molecule has 0 atom stereocenters. The van der Waals surface area contributed by atoms with Crippen molar-refractivity contribution in [3.8, 4) is 0 Å². The van der Waals surface area contributed by atoms with Gasteiger partial charge in [0, 0.05) is 25.9 Å². The predicted molar refractivity (Wildman–Crippen MR) is 101 cm³/mol. The lowest BCUT2D eigenvalue weighted by Gasteiger charge is -2.14. The van der Waals surface area contributed by atoms with Crippen molar-refractivity contribution >= 4 is 17.3 Å². The average Bonchev–Trinajstić information content (AvgIpc) is 3.02. The van der Waals surface area contributed by atoms with Crippen LogP contribution in [0.2, 0.25) is 0 Å². The highest BCUT2D eigenvalue weighted by Gasteiger charge is 2.07. The number of amides is 1. The summed E-state index contributed by atoms with van der Waals surface area (Å²) in [5.74, 6) is 0.858. The maximum Gasteiger partial charge on any atom is 0.221 e. The van der Waals surface area contributed by atoms with Crippen LogP contribution < -0.4 is 10.6 Å². The molecule has 2 N–H and O–H groups in total. The van der Waals surface area contributed by atoms with Crippen LogP contribution in [-0.4, -0.2) is 15.5 Å². The van der Waals surface area contributed by atoms with E-state index in [2.05, 4.69) is 32.3 Å². The molecule has 0 saturated heterocycles. The number of anilines is 2. The standard InChI is InChI=1S/C20H22N4O/c1-15-8-9-18(23-16(2)25)19(12-15)22-13-20-21-10-11-24(20)14-17-6-4-3-5-7-17/h3-12,22H,13-14H2,1-2H3,(H,23,25). The molecular weight excluding hydrogens is 312 g/mol. The van der Waals surface area contributed by atoms with Crippen molar-refractivity contribution in [2.45, 2.75) is 26.9 Å². The minimum atomic E-state index is -0.0857. The van der Waals surface area contributed by atoms with Crippen LogP contribution in [-0.2, 0) is 17.9 Å². The third-order valence-electron chi connectivity index (χ3n) is 3.92. The first-order chi connectivity index (χ1) is 12.1. The summed E-state index contributed by atoms with van der Waals surface area (Å²) in [6, 6.07) is 16.2. The zero-order chi connectivity index (χ0) is 17.6. The number of carbonyl (C=O) groups excluding carboxylic acids is 1. The van der Waals surface area contributed by atoms with Crippen molar-refractivity contribution < 1.29 is 4.79 Å². The van der Waals surface area contributed by atoms with Crippen molar-refractivity contribution in [1.82, 2.24) is 9.55 Å². The predicted octanol–water partition coefficient (Wildman–Crippen LogP) is 3.81. The Labute approximate surface area is 147 Å². The molecule has 3 rings (SSSR count). The van der Waals surface area contributed by atoms with E-state index < -0.39 is 0 Å². The Hall–Kier alpha value is -3.08. The highest BCUT2D eigenvalue weighted by Crippen LogP contribution is 2.23. The second-order valence-electron chi connectivity index (χ2n) is 6.04. The Morgan fingerprint density at radius 2 is 1.92 bits per heavy atom. The molecule has 128 valence electrons. The fourth-order valence-corrected chi connectivity index (χ4v) is 2.71. The van der Waals surface area contributed by atoms with Crippen molar-refractivity contribution in [3.05, 3.63) is 77.9 Å². The number of aryl methyl sites for hydroxylation is 1. The summed E-state index contributed by atoms with van der Waals surface area (Å²) < 4.78 is 2.12. The van der Waals surface area contributed by atoms with Crippen molar-refractivity contribution in [1.29, 1.82) is 0 Å². The minimum Gasteiger partial charge on any atom is -0.376 e. The molecule has 0 aliphatic rings. The van der Waals surface area contributed by atoms with Gasteiger partial charge in [0.15, 0.2) is 0 Å². The molecule has 2 aromatic carbocycles. The van der Waals surface area contributed by atoms with E-state index in [0.717, 1.165) is 29.3 Å². The summed E-state index contributed by atoms with van der Waals surface area (Å²) in [6.07, 6.45) is 3.79. The van der Waals surface area contributed by atoms with Gasteiger partial charge >= 0.3 is 0 Å². The van der Waals surface area contributed by atoms with E-state index >= 15 is 0 Å². The number of rotatable bonds is 6. The molecule has 5 nitrogen and oxygen atoms in total. The van der Waals surface area contributed by atoms with Crippen molar-refractivity contribution in [2.24, 2.45) is 0 Å². The van der Waals surface area contributed by atoms with Crippen LogP contribution in [0.15, 0.2) is 60.9 Å². The van der Waals surface area contributed by atoms with E-state index in [9.17, 15) is 4.79 Å². The molecule has 0 unspecified atom stereocenters. The Kier molecular flexibility index (Phi) is 5.14. The lowest BCUT2D eigenvalue weighted by atomic mass is 10.2. The number of aromatic nitrogens is 2. The Balaban J connectivity index is 1.73. The van der Waals surface area contributed by atoms with Crippen molar-refractivity contribution in [2.75, 3.05) is 10.6 Å². The Morgan fingerprint density at radius 1 is 1.12 bits per heavy atom. The van der Waals surface area contributed by atoms with Gasteiger partial charge in [0.1, 0.15) is 5.82 Å². The lowest BCUT2D eigenvalue weighted by molar-refractivity contribution is -0.114. The maximum absolute atomic E-state index is 11.4. The first-order valence-electron chi connectivity index (χ1n) is 8.28. The highest BCUT2D eigenvalue weighted by molar-refractivity contribution is 5.92. The van der Waals surface area contributed by atoms with Crippen LogP contribution in [0, 0.1) is 6.92 Å². The number of carbonyl (C=O) groups is 1. The largest absolute Gasteiger partial charge is 0.376 e. The van der Waals surface area contributed by atoms with Crippen molar-refractivity contribution in [3.63, 3.8) is 0 Å². The molecule has 0 fully saturated rings. The zero-order valence-electron chi connectivity index (χ0n) is 14.5. The quantitative estimate of drug-likeness (QED) is 0.721. The molecule has 1 aromatic heterocycles. The number of nitrogens with zero attached hydrogens (tertiary/aromatic N) is 2. The molecule has 25 heavy (non-hydrogen) atoms. The summed E-state index contributed by atoms with van der Waals surface area (Å²) in [4.78, 5) is 15.8. The SMILES string of the molecule is CC(=O)Nc1ccc(C)cc1NCc1nccn1Cc1ccccc1. The molecule has 0 aliphatic heterocycles.